The number of carbonyl (C=O) groups is 1. The predicted molar refractivity (Wildman–Crippen MR) is 50.1 cm³/mol. The Morgan fingerprint density at radius 1 is 1.38 bits per heavy atom. The molecule has 0 heterocycles. The molecule has 88 valence electrons. The first kappa shape index (κ1) is 12.5. The predicted octanol–water partition coefficient (Wildman–Crippen LogP) is 1.32. The molecule has 1 atom stereocenters. The summed E-state index contributed by atoms with van der Waals surface area (Å²) < 4.78 is 43.6. The number of nitrogens with two attached hydrogens (primary N) is 1. The Balaban J connectivity index is 3.25. The fourth-order valence-electron chi connectivity index (χ4n) is 1.36. The molecule has 16 heavy (non-hydrogen) atoms. The van der Waals surface area contributed by atoms with Crippen LogP contribution in [0.15, 0.2) is 12.1 Å². The zero-order valence-electron chi connectivity index (χ0n) is 8.47. The first-order chi connectivity index (χ1) is 7.51. The number of methoxy groups -OCH3 is 1. The van der Waals surface area contributed by atoms with Gasteiger partial charge < -0.3 is 10.5 Å². The lowest BCUT2D eigenvalue weighted by Crippen LogP contribution is -2.25. The van der Waals surface area contributed by atoms with Crippen LogP contribution in [0, 0.1) is 17.5 Å². The maximum Gasteiger partial charge on any atom is 0.314 e. The first-order valence-electron chi connectivity index (χ1n) is 4.43. The summed E-state index contributed by atoms with van der Waals surface area (Å²) in [7, 11) is 1.07. The van der Waals surface area contributed by atoms with E-state index in [4.69, 9.17) is 5.73 Å². The SMILES string of the molecule is COC(=O)C(CN)c1c(F)cc(F)cc1F. The van der Waals surface area contributed by atoms with Crippen molar-refractivity contribution < 1.29 is 22.7 Å². The van der Waals surface area contributed by atoms with Gasteiger partial charge in [-0.15, -0.1) is 0 Å². The van der Waals surface area contributed by atoms with E-state index in [0.717, 1.165) is 7.11 Å². The van der Waals surface area contributed by atoms with Gasteiger partial charge in [0, 0.05) is 24.2 Å². The molecule has 0 fully saturated rings. The number of rotatable bonds is 3. The third-order valence-corrected chi connectivity index (χ3v) is 2.11. The van der Waals surface area contributed by atoms with Crippen LogP contribution in [0.25, 0.3) is 0 Å². The lowest BCUT2D eigenvalue weighted by atomic mass is 9.98. The van der Waals surface area contributed by atoms with Crippen LogP contribution < -0.4 is 5.73 Å². The molecular weight excluding hydrogens is 223 g/mol. The Morgan fingerprint density at radius 3 is 2.25 bits per heavy atom. The molecule has 1 rings (SSSR count). The molecule has 0 spiro atoms. The molecule has 1 unspecified atom stereocenters. The van der Waals surface area contributed by atoms with E-state index >= 15 is 0 Å². The summed E-state index contributed by atoms with van der Waals surface area (Å²) in [6, 6.07) is 0.980. The molecule has 0 amide bonds. The minimum atomic E-state index is -1.27. The molecule has 0 saturated carbocycles. The van der Waals surface area contributed by atoms with Crippen LogP contribution >= 0.6 is 0 Å². The lowest BCUT2D eigenvalue weighted by Gasteiger charge is -2.14. The van der Waals surface area contributed by atoms with Crippen LogP contribution in [0.2, 0.25) is 0 Å². The zero-order valence-corrected chi connectivity index (χ0v) is 8.47. The van der Waals surface area contributed by atoms with E-state index < -0.39 is 34.9 Å². The normalized spacial score (nSPS) is 12.3. The van der Waals surface area contributed by atoms with Gasteiger partial charge in [0.2, 0.25) is 0 Å². The van der Waals surface area contributed by atoms with E-state index in [-0.39, 0.29) is 6.54 Å². The minimum absolute atomic E-state index is 0.327. The van der Waals surface area contributed by atoms with Crippen molar-refractivity contribution in [3.63, 3.8) is 0 Å². The van der Waals surface area contributed by atoms with Crippen molar-refractivity contribution in [2.75, 3.05) is 13.7 Å². The highest BCUT2D eigenvalue weighted by Gasteiger charge is 2.27. The van der Waals surface area contributed by atoms with Crippen molar-refractivity contribution in [3.05, 3.63) is 35.1 Å². The molecule has 3 nitrogen and oxygen atoms in total. The van der Waals surface area contributed by atoms with Gasteiger partial charge in [0.25, 0.3) is 0 Å². The summed E-state index contributed by atoms with van der Waals surface area (Å²) in [5.41, 5.74) is 4.66. The summed E-state index contributed by atoms with van der Waals surface area (Å²) in [5, 5.41) is 0. The third-order valence-electron chi connectivity index (χ3n) is 2.11. The fraction of sp³-hybridized carbons (Fsp3) is 0.300. The number of hydrogen-bond acceptors (Lipinski definition) is 3. The molecule has 0 aliphatic rings. The summed E-state index contributed by atoms with van der Waals surface area (Å²) >= 11 is 0. The smallest absolute Gasteiger partial charge is 0.314 e. The Kier molecular flexibility index (Phi) is 3.89. The molecule has 2 N–H and O–H groups in total. The summed E-state index contributed by atoms with van der Waals surface area (Å²) in [6.45, 7) is -0.327. The molecule has 6 heteroatoms. The van der Waals surface area contributed by atoms with Gasteiger partial charge in [-0.25, -0.2) is 13.2 Å². The van der Waals surface area contributed by atoms with Gasteiger partial charge in [-0.2, -0.15) is 0 Å². The summed E-state index contributed by atoms with van der Waals surface area (Å²) in [4.78, 5) is 11.2. The molecule has 0 aromatic heterocycles. The van der Waals surface area contributed by atoms with Crippen molar-refractivity contribution in [2.24, 2.45) is 5.73 Å². The third kappa shape index (κ3) is 2.33. The number of carbonyl (C=O) groups excluding carboxylic acids is 1. The first-order valence-corrected chi connectivity index (χ1v) is 4.43. The van der Waals surface area contributed by atoms with E-state index in [2.05, 4.69) is 4.74 Å². The van der Waals surface area contributed by atoms with E-state index in [9.17, 15) is 18.0 Å². The van der Waals surface area contributed by atoms with Gasteiger partial charge in [-0.3, -0.25) is 4.79 Å². The standard InChI is InChI=1S/C10H10F3NO2/c1-16-10(15)6(4-14)9-7(12)2-5(11)3-8(9)13/h2-3,6H,4,14H2,1H3. The quantitative estimate of drug-likeness (QED) is 0.801. The van der Waals surface area contributed by atoms with Crippen LogP contribution in [0.5, 0.6) is 0 Å². The second-order valence-electron chi connectivity index (χ2n) is 3.09. The lowest BCUT2D eigenvalue weighted by molar-refractivity contribution is -0.142. The van der Waals surface area contributed by atoms with Crippen molar-refractivity contribution in [1.82, 2.24) is 0 Å². The van der Waals surface area contributed by atoms with E-state index in [1.807, 2.05) is 0 Å². The van der Waals surface area contributed by atoms with Gasteiger partial charge >= 0.3 is 5.97 Å². The number of halogens is 3. The van der Waals surface area contributed by atoms with Crippen molar-refractivity contribution in [1.29, 1.82) is 0 Å². The number of esters is 1. The fourth-order valence-corrected chi connectivity index (χ4v) is 1.36. The topological polar surface area (TPSA) is 52.3 Å². The number of hydrogen-bond donors (Lipinski definition) is 1. The van der Waals surface area contributed by atoms with Crippen LogP contribution in [-0.2, 0) is 9.53 Å². The second-order valence-corrected chi connectivity index (χ2v) is 3.09. The van der Waals surface area contributed by atoms with Crippen molar-refractivity contribution >= 4 is 5.97 Å². The van der Waals surface area contributed by atoms with Crippen molar-refractivity contribution in [2.45, 2.75) is 5.92 Å². The highest BCUT2D eigenvalue weighted by molar-refractivity contribution is 5.78. The second kappa shape index (κ2) is 4.98. The Hall–Kier alpha value is -1.56. The summed E-state index contributed by atoms with van der Waals surface area (Å²) in [5.74, 6) is -5.51. The highest BCUT2D eigenvalue weighted by Crippen LogP contribution is 2.24. The maximum atomic E-state index is 13.3. The number of benzene rings is 1. The van der Waals surface area contributed by atoms with Crippen molar-refractivity contribution in [3.8, 4) is 0 Å². The maximum absolute atomic E-state index is 13.3. The van der Waals surface area contributed by atoms with Crippen LogP contribution in [0.1, 0.15) is 11.5 Å². The van der Waals surface area contributed by atoms with E-state index in [1.54, 1.807) is 0 Å². The average molecular weight is 233 g/mol. The Labute approximate surface area is 90.0 Å². The Morgan fingerprint density at radius 2 is 1.88 bits per heavy atom. The van der Waals surface area contributed by atoms with Crippen LogP contribution in [0.4, 0.5) is 13.2 Å². The average Bonchev–Trinajstić information content (AvgIpc) is 2.22. The van der Waals surface area contributed by atoms with Gasteiger partial charge in [0.1, 0.15) is 17.5 Å². The molecule has 0 radical (unpaired) electrons. The minimum Gasteiger partial charge on any atom is -0.469 e. The van der Waals surface area contributed by atoms with Crippen LogP contribution in [0.3, 0.4) is 0 Å². The van der Waals surface area contributed by atoms with E-state index in [0.29, 0.717) is 12.1 Å². The molecule has 1 aromatic rings. The van der Waals surface area contributed by atoms with Gasteiger partial charge in [0.15, 0.2) is 0 Å². The molecular formula is C10H10F3NO2. The highest BCUT2D eigenvalue weighted by atomic mass is 19.1. The molecule has 0 saturated heterocycles. The van der Waals surface area contributed by atoms with E-state index in [1.165, 1.54) is 0 Å². The van der Waals surface area contributed by atoms with Gasteiger partial charge in [-0.1, -0.05) is 0 Å². The largest absolute Gasteiger partial charge is 0.469 e. The molecule has 0 bridgehead atoms. The van der Waals surface area contributed by atoms with Gasteiger partial charge in [-0.05, 0) is 0 Å². The summed E-state index contributed by atoms with van der Waals surface area (Å²) in [6.07, 6.45) is 0. The zero-order chi connectivity index (χ0) is 12.3. The molecule has 0 aliphatic carbocycles. The monoisotopic (exact) mass is 233 g/mol. The number of ether oxygens (including phenoxy) is 1. The van der Waals surface area contributed by atoms with Gasteiger partial charge in [0.05, 0.1) is 13.0 Å². The molecule has 1 aromatic carbocycles. The van der Waals surface area contributed by atoms with Crippen LogP contribution in [-0.4, -0.2) is 19.6 Å². The Bertz CT molecular complexity index is 386. The molecule has 0 aliphatic heterocycles.